The molecule has 6 nitrogen and oxygen atoms in total. The molecule has 0 bridgehead atoms. The second-order valence-electron chi connectivity index (χ2n) is 8.17. The Bertz CT molecular complexity index is 750. The molecule has 3 rings (SSSR count). The van der Waals surface area contributed by atoms with Crippen molar-refractivity contribution in [1.82, 2.24) is 20.9 Å². The summed E-state index contributed by atoms with van der Waals surface area (Å²) in [6, 6.07) is 3.77. The van der Waals surface area contributed by atoms with E-state index in [1.807, 2.05) is 26.1 Å². The first-order valence-electron chi connectivity index (χ1n) is 12.1. The van der Waals surface area contributed by atoms with E-state index in [2.05, 4.69) is 20.9 Å². The zero-order chi connectivity index (χ0) is 23.9. The standard InChI is InChI=1S/C23H34F2N4O.C2H7N/c1-2-27-23-21(20-7-6-19(24)16-22(20)25)15-18(17-28-23)5-3-4-8-26-9-10-29-11-13-30-14-12-29;1-2-3/h6-7,15-17,23,26-28H,2-5,8-14H2,1H3;2-3H2,1H3. The summed E-state index contributed by atoms with van der Waals surface area (Å²) in [7, 11) is 0. The second kappa shape index (κ2) is 15.9. The second-order valence-corrected chi connectivity index (χ2v) is 8.17. The van der Waals surface area contributed by atoms with Gasteiger partial charge in [0, 0.05) is 44.0 Å². The third-order valence-corrected chi connectivity index (χ3v) is 5.52. The molecule has 0 saturated carbocycles. The first-order valence-corrected chi connectivity index (χ1v) is 12.1. The van der Waals surface area contributed by atoms with Crippen LogP contribution in [0, 0.1) is 11.6 Å². The molecular formula is C25H41F2N5O. The number of halogens is 2. The maximum Gasteiger partial charge on any atom is 0.133 e. The predicted molar refractivity (Wildman–Crippen MR) is 132 cm³/mol. The molecular weight excluding hydrogens is 424 g/mol. The zero-order valence-corrected chi connectivity index (χ0v) is 20.1. The van der Waals surface area contributed by atoms with Crippen LogP contribution >= 0.6 is 0 Å². The van der Waals surface area contributed by atoms with Crippen molar-refractivity contribution in [3.63, 3.8) is 0 Å². The summed E-state index contributed by atoms with van der Waals surface area (Å²) in [5.41, 5.74) is 7.23. The number of rotatable bonds is 11. The number of morpholine rings is 1. The van der Waals surface area contributed by atoms with Gasteiger partial charge >= 0.3 is 0 Å². The molecule has 1 aromatic carbocycles. The van der Waals surface area contributed by atoms with Crippen LogP contribution in [0.4, 0.5) is 8.78 Å². The van der Waals surface area contributed by atoms with Gasteiger partial charge in [-0.25, -0.2) is 8.78 Å². The van der Waals surface area contributed by atoms with Crippen molar-refractivity contribution >= 4 is 5.57 Å². The van der Waals surface area contributed by atoms with Crippen LogP contribution in [-0.4, -0.2) is 70.1 Å². The van der Waals surface area contributed by atoms with Crippen molar-refractivity contribution in [2.24, 2.45) is 5.73 Å². The van der Waals surface area contributed by atoms with Crippen molar-refractivity contribution in [3.05, 3.63) is 53.2 Å². The van der Waals surface area contributed by atoms with E-state index >= 15 is 0 Å². The highest BCUT2D eigenvalue weighted by Crippen LogP contribution is 2.27. The van der Waals surface area contributed by atoms with Crippen molar-refractivity contribution in [3.8, 4) is 0 Å². The summed E-state index contributed by atoms with van der Waals surface area (Å²) in [6.07, 6.45) is 6.92. The Hall–Kier alpha value is -1.84. The number of hydrogen-bond donors (Lipinski definition) is 4. The lowest BCUT2D eigenvalue weighted by molar-refractivity contribution is 0.0384. The summed E-state index contributed by atoms with van der Waals surface area (Å²) in [4.78, 5) is 2.43. The normalized spacial score (nSPS) is 18.6. The van der Waals surface area contributed by atoms with Crippen LogP contribution in [0.3, 0.4) is 0 Å². The van der Waals surface area contributed by atoms with E-state index in [4.69, 9.17) is 10.5 Å². The lowest BCUT2D eigenvalue weighted by Crippen LogP contribution is -2.42. The number of unbranched alkanes of at least 4 members (excludes halogenated alkanes) is 1. The molecule has 0 spiro atoms. The van der Waals surface area contributed by atoms with Gasteiger partial charge in [0.1, 0.15) is 17.8 Å². The maximum atomic E-state index is 14.4. The van der Waals surface area contributed by atoms with Gasteiger partial charge in [-0.15, -0.1) is 0 Å². The number of hydrogen-bond acceptors (Lipinski definition) is 6. The number of benzene rings is 1. The molecule has 33 heavy (non-hydrogen) atoms. The molecule has 0 radical (unpaired) electrons. The minimum Gasteiger partial charge on any atom is -0.379 e. The average molecular weight is 466 g/mol. The van der Waals surface area contributed by atoms with Crippen LogP contribution in [0.15, 0.2) is 36.0 Å². The first kappa shape index (κ1) is 27.4. The Morgan fingerprint density at radius 3 is 2.61 bits per heavy atom. The minimum absolute atomic E-state index is 0.180. The molecule has 1 unspecified atom stereocenters. The first-order chi connectivity index (χ1) is 16.1. The number of likely N-dealkylation sites (N-methyl/N-ethyl adjacent to an activating group) is 1. The SMILES string of the molecule is CCN.CCNC1NC=C(CCCCNCCN2CCOCC2)C=C1c1ccc(F)cc1F. The molecule has 0 aromatic heterocycles. The van der Waals surface area contributed by atoms with Crippen molar-refractivity contribution < 1.29 is 13.5 Å². The van der Waals surface area contributed by atoms with E-state index in [0.717, 1.165) is 95.5 Å². The van der Waals surface area contributed by atoms with Crippen molar-refractivity contribution in [1.29, 1.82) is 0 Å². The van der Waals surface area contributed by atoms with Gasteiger partial charge in [0.2, 0.25) is 0 Å². The zero-order valence-electron chi connectivity index (χ0n) is 20.1. The van der Waals surface area contributed by atoms with E-state index in [0.29, 0.717) is 5.56 Å². The molecule has 186 valence electrons. The van der Waals surface area contributed by atoms with Crippen LogP contribution in [0.2, 0.25) is 0 Å². The van der Waals surface area contributed by atoms with Crippen LogP contribution in [0.1, 0.15) is 38.7 Å². The van der Waals surface area contributed by atoms with Gasteiger partial charge in [-0.1, -0.05) is 19.9 Å². The topological polar surface area (TPSA) is 74.6 Å². The molecule has 0 aliphatic carbocycles. The molecule has 8 heteroatoms. The molecule has 5 N–H and O–H groups in total. The minimum atomic E-state index is -0.558. The lowest BCUT2D eigenvalue weighted by atomic mass is 9.95. The van der Waals surface area contributed by atoms with E-state index in [1.165, 1.54) is 12.1 Å². The van der Waals surface area contributed by atoms with Gasteiger partial charge in [0.15, 0.2) is 0 Å². The Balaban J connectivity index is 0.00000122. The predicted octanol–water partition coefficient (Wildman–Crippen LogP) is 2.83. The fourth-order valence-corrected chi connectivity index (χ4v) is 3.85. The van der Waals surface area contributed by atoms with Crippen LogP contribution in [0.5, 0.6) is 0 Å². The highest BCUT2D eigenvalue weighted by Gasteiger charge is 2.21. The number of allylic oxidation sites excluding steroid dienone is 2. The highest BCUT2D eigenvalue weighted by molar-refractivity contribution is 5.73. The highest BCUT2D eigenvalue weighted by atomic mass is 19.1. The summed E-state index contributed by atoms with van der Waals surface area (Å²) in [5, 5.41) is 10.1. The number of nitrogens with one attached hydrogen (secondary N) is 3. The molecule has 2 aliphatic rings. The summed E-state index contributed by atoms with van der Waals surface area (Å²) in [5.74, 6) is -1.09. The fraction of sp³-hybridized carbons (Fsp3) is 0.600. The van der Waals surface area contributed by atoms with E-state index in [-0.39, 0.29) is 6.17 Å². The van der Waals surface area contributed by atoms with E-state index < -0.39 is 11.6 Å². The van der Waals surface area contributed by atoms with Crippen molar-refractivity contribution in [2.75, 3.05) is 59.0 Å². The molecule has 0 amide bonds. The largest absolute Gasteiger partial charge is 0.379 e. The van der Waals surface area contributed by atoms with Gasteiger partial charge in [-0.3, -0.25) is 10.2 Å². The maximum absolute atomic E-state index is 14.4. The van der Waals surface area contributed by atoms with Crippen LogP contribution in [-0.2, 0) is 4.74 Å². The van der Waals surface area contributed by atoms with Gasteiger partial charge in [-0.05, 0) is 62.2 Å². The Morgan fingerprint density at radius 1 is 1.15 bits per heavy atom. The molecule has 1 fully saturated rings. The van der Waals surface area contributed by atoms with Crippen LogP contribution < -0.4 is 21.7 Å². The summed E-state index contributed by atoms with van der Waals surface area (Å²) >= 11 is 0. The van der Waals surface area contributed by atoms with Gasteiger partial charge in [0.25, 0.3) is 0 Å². The molecule has 1 aromatic rings. The van der Waals surface area contributed by atoms with Gasteiger partial charge in [0.05, 0.1) is 13.2 Å². The quantitative estimate of drug-likeness (QED) is 0.377. The summed E-state index contributed by atoms with van der Waals surface area (Å²) in [6.45, 7) is 12.2. The summed E-state index contributed by atoms with van der Waals surface area (Å²) < 4.78 is 33.0. The lowest BCUT2D eigenvalue weighted by Gasteiger charge is -2.27. The van der Waals surface area contributed by atoms with Gasteiger partial charge in [-0.2, -0.15) is 0 Å². The molecule has 2 heterocycles. The number of dihydropyridines is 1. The average Bonchev–Trinajstić information content (AvgIpc) is 2.81. The van der Waals surface area contributed by atoms with Crippen molar-refractivity contribution in [2.45, 2.75) is 39.3 Å². The number of nitrogens with zero attached hydrogens (tertiary/aromatic N) is 1. The number of nitrogens with two attached hydrogens (primary N) is 1. The Morgan fingerprint density at radius 2 is 1.91 bits per heavy atom. The Labute approximate surface area is 197 Å². The van der Waals surface area contributed by atoms with E-state index in [1.54, 1.807) is 0 Å². The Kier molecular flexibility index (Phi) is 13.2. The monoisotopic (exact) mass is 465 g/mol. The molecule has 1 atom stereocenters. The van der Waals surface area contributed by atoms with E-state index in [9.17, 15) is 8.78 Å². The van der Waals surface area contributed by atoms with Crippen LogP contribution in [0.25, 0.3) is 5.57 Å². The smallest absolute Gasteiger partial charge is 0.133 e. The fourth-order valence-electron chi connectivity index (χ4n) is 3.85. The third-order valence-electron chi connectivity index (χ3n) is 5.52. The van der Waals surface area contributed by atoms with Gasteiger partial charge < -0.3 is 21.1 Å². The molecule has 2 aliphatic heterocycles. The molecule has 1 saturated heterocycles. The third kappa shape index (κ3) is 9.90. The number of ether oxygens (including phenoxy) is 1.